The van der Waals surface area contributed by atoms with Gasteiger partial charge in [0.05, 0.1) is 24.0 Å². The summed E-state index contributed by atoms with van der Waals surface area (Å²) in [5, 5.41) is 3.70. The van der Waals surface area contributed by atoms with E-state index in [0.717, 1.165) is 80.7 Å². The zero-order valence-corrected chi connectivity index (χ0v) is 24.1. The molecular weight excluding hydrogens is 494 g/mol. The highest BCUT2D eigenvalue weighted by Crippen LogP contribution is 2.46. The van der Waals surface area contributed by atoms with Gasteiger partial charge < -0.3 is 15.1 Å². The van der Waals surface area contributed by atoms with E-state index >= 15 is 0 Å². The quantitative estimate of drug-likeness (QED) is 0.428. The Morgan fingerprint density at radius 3 is 2.45 bits per heavy atom. The number of anilines is 2. The van der Waals surface area contributed by atoms with Crippen molar-refractivity contribution in [3.8, 4) is 0 Å². The van der Waals surface area contributed by atoms with Crippen molar-refractivity contribution in [3.05, 3.63) is 83.6 Å². The smallest absolute Gasteiger partial charge is 0.242 e. The highest BCUT2D eigenvalue weighted by atomic mass is 16.2. The fourth-order valence-corrected chi connectivity index (χ4v) is 7.44. The topological polar surface area (TPSA) is 52.7 Å². The molecule has 0 radical (unpaired) electrons. The van der Waals surface area contributed by atoms with Crippen LogP contribution in [-0.4, -0.2) is 42.3 Å². The minimum absolute atomic E-state index is 0.0794. The number of benzene rings is 2. The van der Waals surface area contributed by atoms with Gasteiger partial charge in [-0.05, 0) is 79.9 Å². The average molecular weight is 538 g/mol. The summed E-state index contributed by atoms with van der Waals surface area (Å²) in [5.74, 6) is 1.34. The van der Waals surface area contributed by atoms with Crippen LogP contribution in [0.3, 0.4) is 0 Å². The van der Waals surface area contributed by atoms with Gasteiger partial charge in [0.15, 0.2) is 5.78 Å². The molecular formula is C35H43N3O2. The van der Waals surface area contributed by atoms with Crippen LogP contribution in [0.15, 0.2) is 78.0 Å². The number of para-hydroxylation sites is 2. The number of rotatable bonds is 5. The Morgan fingerprint density at radius 2 is 1.70 bits per heavy atom. The number of carbonyl (C=O) groups excluding carboxylic acids is 2. The summed E-state index contributed by atoms with van der Waals surface area (Å²) in [6, 6.07) is 18.9. The molecule has 0 aromatic heterocycles. The Labute approximate surface area is 239 Å². The van der Waals surface area contributed by atoms with Gasteiger partial charge in [-0.3, -0.25) is 9.59 Å². The van der Waals surface area contributed by atoms with Crippen LogP contribution in [-0.2, 0) is 16.0 Å². The van der Waals surface area contributed by atoms with Crippen LogP contribution in [0.2, 0.25) is 0 Å². The van der Waals surface area contributed by atoms with Gasteiger partial charge in [-0.1, -0.05) is 68.5 Å². The Kier molecular flexibility index (Phi) is 7.57. The van der Waals surface area contributed by atoms with Crippen molar-refractivity contribution < 1.29 is 9.59 Å². The molecule has 210 valence electrons. The van der Waals surface area contributed by atoms with E-state index in [1.54, 1.807) is 0 Å². The molecule has 2 aromatic carbocycles. The molecule has 2 aliphatic carbocycles. The maximum atomic E-state index is 14.0. The molecule has 0 bridgehead atoms. The van der Waals surface area contributed by atoms with Crippen molar-refractivity contribution in [1.29, 1.82) is 0 Å². The summed E-state index contributed by atoms with van der Waals surface area (Å²) >= 11 is 0. The Bertz CT molecular complexity index is 1300. The maximum absolute atomic E-state index is 14.0. The number of fused-ring (bicyclic) bond motifs is 1. The fourth-order valence-electron chi connectivity index (χ4n) is 7.44. The SMILES string of the molecule is CC1(C)CC(=O)C2=C(C1)Nc1ccccc1N(CC(=O)N1CCC(Cc3ccccc3)CC1)C2C1CC=CCC1. The summed E-state index contributed by atoms with van der Waals surface area (Å²) in [6.45, 7) is 6.30. The third kappa shape index (κ3) is 5.61. The molecule has 1 amide bonds. The van der Waals surface area contributed by atoms with Gasteiger partial charge >= 0.3 is 0 Å². The van der Waals surface area contributed by atoms with Gasteiger partial charge in [0.2, 0.25) is 5.91 Å². The molecule has 0 saturated carbocycles. The number of nitrogens with one attached hydrogen (secondary N) is 1. The lowest BCUT2D eigenvalue weighted by Gasteiger charge is -2.42. The molecule has 4 aliphatic rings. The number of ketones is 1. The summed E-state index contributed by atoms with van der Waals surface area (Å²) < 4.78 is 0. The summed E-state index contributed by atoms with van der Waals surface area (Å²) in [7, 11) is 0. The predicted molar refractivity (Wildman–Crippen MR) is 162 cm³/mol. The van der Waals surface area contributed by atoms with Crippen molar-refractivity contribution in [2.75, 3.05) is 29.9 Å². The second-order valence-corrected chi connectivity index (χ2v) is 13.1. The number of piperidine rings is 1. The molecule has 2 heterocycles. The third-order valence-electron chi connectivity index (χ3n) is 9.45. The minimum Gasteiger partial charge on any atom is -0.357 e. The molecule has 6 rings (SSSR count). The van der Waals surface area contributed by atoms with E-state index in [1.165, 1.54) is 5.56 Å². The number of likely N-dealkylation sites (tertiary alicyclic amines) is 1. The first kappa shape index (κ1) is 26.9. The van der Waals surface area contributed by atoms with Crippen molar-refractivity contribution in [2.45, 2.75) is 71.3 Å². The van der Waals surface area contributed by atoms with Crippen LogP contribution in [0, 0.1) is 17.3 Å². The summed E-state index contributed by atoms with van der Waals surface area (Å²) in [6.07, 6.45) is 12.1. The van der Waals surface area contributed by atoms with Gasteiger partial charge in [-0.15, -0.1) is 0 Å². The zero-order valence-electron chi connectivity index (χ0n) is 24.1. The monoisotopic (exact) mass is 537 g/mol. The van der Waals surface area contributed by atoms with Crippen LogP contribution >= 0.6 is 0 Å². The molecule has 0 spiro atoms. The van der Waals surface area contributed by atoms with Crippen LogP contribution in [0.1, 0.15) is 64.4 Å². The molecule has 40 heavy (non-hydrogen) atoms. The van der Waals surface area contributed by atoms with Crippen LogP contribution in [0.5, 0.6) is 0 Å². The van der Waals surface area contributed by atoms with Crippen molar-refractivity contribution in [3.63, 3.8) is 0 Å². The van der Waals surface area contributed by atoms with Gasteiger partial charge in [0, 0.05) is 30.8 Å². The standard InChI is InChI=1S/C35H43N3O2/c1-35(2)22-29-33(31(39)23-35)34(27-13-7-4-8-14-27)38(30-16-10-9-15-28(30)36-29)24-32(40)37-19-17-26(18-20-37)21-25-11-5-3-6-12-25/h3-7,9-12,15-16,26-27,34,36H,8,13-14,17-24H2,1-2H3. The van der Waals surface area contributed by atoms with Crippen LogP contribution in [0.4, 0.5) is 11.4 Å². The van der Waals surface area contributed by atoms with Gasteiger partial charge in [-0.2, -0.15) is 0 Å². The van der Waals surface area contributed by atoms with E-state index < -0.39 is 0 Å². The van der Waals surface area contributed by atoms with E-state index in [0.29, 0.717) is 24.8 Å². The van der Waals surface area contributed by atoms with E-state index in [9.17, 15) is 9.59 Å². The van der Waals surface area contributed by atoms with Crippen molar-refractivity contribution in [1.82, 2.24) is 4.90 Å². The summed E-state index contributed by atoms with van der Waals surface area (Å²) in [4.78, 5) is 32.2. The second-order valence-electron chi connectivity index (χ2n) is 13.1. The Balaban J connectivity index is 1.28. The van der Waals surface area contributed by atoms with Gasteiger partial charge in [0.1, 0.15) is 0 Å². The number of allylic oxidation sites excluding steroid dienone is 3. The molecule has 2 aromatic rings. The van der Waals surface area contributed by atoms with E-state index in [1.807, 2.05) is 6.07 Å². The van der Waals surface area contributed by atoms with E-state index in [-0.39, 0.29) is 23.1 Å². The fraction of sp³-hybridized carbons (Fsp3) is 0.486. The molecule has 2 aliphatic heterocycles. The number of carbonyl (C=O) groups is 2. The van der Waals surface area contributed by atoms with E-state index in [4.69, 9.17) is 0 Å². The molecule has 2 unspecified atom stereocenters. The van der Waals surface area contributed by atoms with Crippen LogP contribution < -0.4 is 10.2 Å². The number of amides is 1. The van der Waals surface area contributed by atoms with Gasteiger partial charge in [-0.25, -0.2) is 0 Å². The maximum Gasteiger partial charge on any atom is 0.242 e. The lowest BCUT2D eigenvalue weighted by Crippen LogP contribution is -2.51. The molecule has 5 heteroatoms. The number of hydrogen-bond donors (Lipinski definition) is 1. The first-order valence-electron chi connectivity index (χ1n) is 15.2. The lowest BCUT2D eigenvalue weighted by atomic mass is 9.71. The highest BCUT2D eigenvalue weighted by Gasteiger charge is 2.44. The van der Waals surface area contributed by atoms with Crippen molar-refractivity contribution in [2.24, 2.45) is 17.3 Å². The molecule has 1 N–H and O–H groups in total. The Hall–Kier alpha value is -3.34. The second kappa shape index (κ2) is 11.3. The third-order valence-corrected chi connectivity index (χ3v) is 9.45. The molecule has 5 nitrogen and oxygen atoms in total. The van der Waals surface area contributed by atoms with E-state index in [2.05, 4.69) is 89.6 Å². The van der Waals surface area contributed by atoms with Crippen molar-refractivity contribution >= 4 is 23.1 Å². The number of nitrogens with zero attached hydrogens (tertiary/aromatic N) is 2. The number of hydrogen-bond acceptors (Lipinski definition) is 4. The highest BCUT2D eigenvalue weighted by molar-refractivity contribution is 6.01. The Morgan fingerprint density at radius 1 is 0.950 bits per heavy atom. The molecule has 1 fully saturated rings. The van der Waals surface area contributed by atoms with Crippen LogP contribution in [0.25, 0.3) is 0 Å². The molecule has 2 atom stereocenters. The number of Topliss-reactive ketones (excluding diaryl/α,β-unsaturated/α-hetero) is 1. The average Bonchev–Trinajstić information content (AvgIpc) is 3.08. The zero-order chi connectivity index (χ0) is 27.7. The predicted octanol–water partition coefficient (Wildman–Crippen LogP) is 6.77. The largest absolute Gasteiger partial charge is 0.357 e. The first-order chi connectivity index (χ1) is 19.4. The minimum atomic E-state index is -0.0979. The summed E-state index contributed by atoms with van der Waals surface area (Å²) in [5.41, 5.74) is 5.33. The molecule has 1 saturated heterocycles. The first-order valence-corrected chi connectivity index (χ1v) is 15.2. The lowest BCUT2D eigenvalue weighted by molar-refractivity contribution is -0.131. The van der Waals surface area contributed by atoms with Gasteiger partial charge in [0.25, 0.3) is 0 Å². The normalized spacial score (nSPS) is 24.7.